The molecule has 0 aliphatic carbocycles. The summed E-state index contributed by atoms with van der Waals surface area (Å²) in [6.45, 7) is 0. The molecule has 0 aliphatic rings. The predicted molar refractivity (Wildman–Crippen MR) is 5.26 cm³/mol. The van der Waals surface area contributed by atoms with Crippen LogP contribution in [0.25, 0.3) is 0 Å². The molecule has 0 aromatic carbocycles. The second kappa shape index (κ2) is 17.0. The van der Waals surface area contributed by atoms with E-state index in [1.165, 1.54) is 0 Å². The third-order valence-corrected chi connectivity index (χ3v) is 0. The third kappa shape index (κ3) is 8.84. The van der Waals surface area contributed by atoms with Crippen LogP contribution < -0.4 is 0 Å². The van der Waals surface area contributed by atoms with Crippen molar-refractivity contribution < 1.29 is 98.6 Å². The summed E-state index contributed by atoms with van der Waals surface area (Å²) in [6.07, 6.45) is 0. The average molecular weight is 488 g/mol. The van der Waals surface area contributed by atoms with Crippen LogP contribution in [-0.2, 0) is 0 Å². The second-order valence-corrected chi connectivity index (χ2v) is 0. The number of hydrogen-bond donors (Lipinski definition) is 2. The van der Waals surface area contributed by atoms with Crippen molar-refractivity contribution in [3.8, 4) is 0 Å². The summed E-state index contributed by atoms with van der Waals surface area (Å²) in [7, 11) is 0. The van der Waals surface area contributed by atoms with Crippen molar-refractivity contribution in [1.82, 2.24) is 0 Å². The van der Waals surface area contributed by atoms with Crippen LogP contribution in [0, 0.1) is 88.1 Å². The van der Waals surface area contributed by atoms with Gasteiger partial charge in [0, 0.05) is 88.1 Å². The molecule has 20 valence electrons. The molecular weight excluding hydrogens is 486 g/mol. The third-order valence-electron chi connectivity index (χ3n) is 0. The summed E-state index contributed by atoms with van der Waals surface area (Å²) in [6, 6.07) is 0. The largest absolute Gasteiger partial charge is 0.255 e. The molecule has 0 fully saturated rings. The minimum atomic E-state index is 0. The molecule has 0 heterocycles. The first-order chi connectivity index (χ1) is 1.00. The van der Waals surface area contributed by atoms with Crippen LogP contribution in [0.3, 0.4) is 0 Å². The fourth-order valence-corrected chi connectivity index (χ4v) is 0. The molecule has 0 bridgehead atoms. The van der Waals surface area contributed by atoms with Crippen LogP contribution in [0.5, 0.6) is 0 Å². The van der Waals surface area contributed by atoms with Gasteiger partial charge in [-0.3, -0.25) is 10.5 Å². The van der Waals surface area contributed by atoms with E-state index in [1.54, 1.807) is 0 Å². The molecule has 0 spiro atoms. The van der Waals surface area contributed by atoms with Gasteiger partial charge in [0.25, 0.3) is 0 Å². The topological polar surface area (TPSA) is 40.5 Å². The predicted octanol–water partition coefficient (Wildman–Crippen LogP) is 0.0174. The molecule has 4 heteroatoms. The second-order valence-electron chi connectivity index (χ2n) is 0. The molecule has 0 aromatic heterocycles. The van der Waals surface area contributed by atoms with Crippen LogP contribution in [0.4, 0.5) is 0 Å². The molecule has 0 rings (SSSR count). The first kappa shape index (κ1) is 15.8. The van der Waals surface area contributed by atoms with E-state index in [2.05, 4.69) is 0 Å². The van der Waals surface area contributed by atoms with Gasteiger partial charge in [-0.05, 0) is 0 Å². The van der Waals surface area contributed by atoms with E-state index in [0.717, 1.165) is 0 Å². The average Bonchev–Trinajstić information content (AvgIpc) is 1.00. The van der Waals surface area contributed by atoms with Crippen molar-refractivity contribution in [2.75, 3.05) is 0 Å². The van der Waals surface area contributed by atoms with Gasteiger partial charge in [-0.25, -0.2) is 0 Å². The van der Waals surface area contributed by atoms with E-state index in [0.29, 0.717) is 0 Å². The maximum absolute atomic E-state index is 6.00. The van der Waals surface area contributed by atoms with Gasteiger partial charge < -0.3 is 0 Å². The van der Waals surface area contributed by atoms with Crippen molar-refractivity contribution in [3.05, 3.63) is 0 Å². The summed E-state index contributed by atoms with van der Waals surface area (Å²) in [5.41, 5.74) is 0. The van der Waals surface area contributed by atoms with Gasteiger partial charge in [0.05, 0.1) is 0 Å². The zero-order chi connectivity index (χ0) is 2.00. The molecule has 0 saturated carbocycles. The molecule has 0 saturated heterocycles. The molecule has 0 aromatic rings. The maximum Gasteiger partial charge on any atom is 0 e. The van der Waals surface area contributed by atoms with Crippen LogP contribution in [0.2, 0.25) is 0 Å². The Morgan fingerprint density at radius 2 is 0.750 bits per heavy atom. The molecule has 2 nitrogen and oxygen atoms in total. The molecule has 2 radical (unpaired) electrons. The van der Waals surface area contributed by atoms with Gasteiger partial charge >= 0.3 is 0 Å². The van der Waals surface area contributed by atoms with Crippen molar-refractivity contribution >= 4 is 0 Å². The van der Waals surface area contributed by atoms with Gasteiger partial charge in [0.15, 0.2) is 0 Å². The van der Waals surface area contributed by atoms with Crippen LogP contribution >= 0.6 is 0 Å². The Morgan fingerprint density at radius 1 is 0.750 bits per heavy atom. The van der Waals surface area contributed by atoms with Crippen molar-refractivity contribution in [2.24, 2.45) is 0 Å². The van der Waals surface area contributed by atoms with Gasteiger partial charge in [-0.1, -0.05) is 0 Å². The molecule has 0 aliphatic heterocycles. The van der Waals surface area contributed by atoms with E-state index in [4.69, 9.17) is 10.5 Å². The molecule has 0 amide bonds. The summed E-state index contributed by atoms with van der Waals surface area (Å²) >= 11 is 0. The van der Waals surface area contributed by atoms with Gasteiger partial charge in [-0.2, -0.15) is 0 Å². The Hall–Kier alpha value is 2.80. The maximum atomic E-state index is 6.00. The van der Waals surface area contributed by atoms with Gasteiger partial charge in [0.2, 0.25) is 0 Å². The molecule has 4 heavy (non-hydrogen) atoms. The first-order valence-electron chi connectivity index (χ1n) is 0.200. The molecular formula is H2Ac2O2. The van der Waals surface area contributed by atoms with Gasteiger partial charge in [-0.15, -0.1) is 0 Å². The Balaban J connectivity index is -0.00000000500. The van der Waals surface area contributed by atoms with E-state index < -0.39 is 0 Å². The summed E-state index contributed by atoms with van der Waals surface area (Å²) in [5, 5.41) is 12.0. The van der Waals surface area contributed by atoms with Crippen molar-refractivity contribution in [2.45, 2.75) is 0 Å². The van der Waals surface area contributed by atoms with Crippen molar-refractivity contribution in [1.29, 1.82) is 0 Å². The molecule has 0 unspecified atom stereocenters. The van der Waals surface area contributed by atoms with Gasteiger partial charge in [0.1, 0.15) is 0 Å². The molecule has 0 atom stereocenters. The summed E-state index contributed by atoms with van der Waals surface area (Å²) in [4.78, 5) is 0. The monoisotopic (exact) mass is 488 g/mol. The normalized spacial score (nSPS) is 1.50. The Bertz CT molecular complexity index is 4.00. The Morgan fingerprint density at radius 3 is 0.750 bits per heavy atom. The molecule has 2 N–H and O–H groups in total. The minimum Gasteiger partial charge on any atom is -0.255 e. The van der Waals surface area contributed by atoms with E-state index in [1.807, 2.05) is 0 Å². The summed E-state index contributed by atoms with van der Waals surface area (Å²) < 4.78 is 0. The standard InChI is InChI=1S/2Ac.H2O2/c;;1-2/h;;1-2H. The van der Waals surface area contributed by atoms with Crippen LogP contribution in [-0.4, -0.2) is 10.5 Å². The quantitative estimate of drug-likeness (QED) is 0.373. The fraction of sp³-hybridized carbons (Fsp3) is 0. The minimum absolute atomic E-state index is 0. The first-order valence-corrected chi connectivity index (χ1v) is 0.200. The van der Waals surface area contributed by atoms with E-state index in [9.17, 15) is 0 Å². The Kier molecular flexibility index (Phi) is 67.5. The van der Waals surface area contributed by atoms with E-state index in [-0.39, 0.29) is 88.1 Å². The Labute approximate surface area is 96.0 Å². The van der Waals surface area contributed by atoms with Crippen LogP contribution in [0.15, 0.2) is 0 Å². The zero-order valence-corrected chi connectivity index (χ0v) is 11.5. The smallest absolute Gasteiger partial charge is 0 e. The SMILES string of the molecule is OO.[Ac].[Ac]. The van der Waals surface area contributed by atoms with Crippen LogP contribution in [0.1, 0.15) is 0 Å². The summed E-state index contributed by atoms with van der Waals surface area (Å²) in [5.74, 6) is 0. The number of hydrogen-bond acceptors (Lipinski definition) is 2. The number of rotatable bonds is 0. The zero-order valence-electron chi connectivity index (χ0n) is 2.05. The fourth-order valence-electron chi connectivity index (χ4n) is 0. The van der Waals surface area contributed by atoms with E-state index >= 15 is 0 Å². The van der Waals surface area contributed by atoms with Crippen molar-refractivity contribution in [3.63, 3.8) is 0 Å².